The number of aromatic nitrogens is 1. The largest absolute Gasteiger partial charge is 0.574 e. The molecule has 1 rings (SSSR count). The smallest absolute Gasteiger partial charge is 0.496 e. The molecule has 100 valence electrons. The topological polar surface area (TPSA) is 48.4 Å². The molecule has 0 atom stereocenters. The van der Waals surface area contributed by atoms with Gasteiger partial charge in [0.15, 0.2) is 6.29 Å². The molecule has 1 aromatic heterocycles. The molecule has 0 saturated carbocycles. The van der Waals surface area contributed by atoms with Crippen molar-refractivity contribution < 1.29 is 36.2 Å². The van der Waals surface area contributed by atoms with E-state index in [1.807, 2.05) is 0 Å². The van der Waals surface area contributed by atoms with Crippen LogP contribution < -0.4 is 9.47 Å². The highest BCUT2D eigenvalue weighted by Crippen LogP contribution is 2.32. The Balaban J connectivity index is 3.32. The molecule has 0 saturated heterocycles. The second-order valence-electron chi connectivity index (χ2n) is 2.93. The van der Waals surface area contributed by atoms with Gasteiger partial charge in [0.1, 0.15) is 11.4 Å². The molecule has 0 aliphatic rings. The minimum atomic E-state index is -5.08. The lowest BCUT2D eigenvalue weighted by atomic mass is 10.2. The molecule has 0 aliphatic carbocycles. The van der Waals surface area contributed by atoms with Gasteiger partial charge < -0.3 is 9.47 Å². The van der Waals surface area contributed by atoms with Crippen molar-refractivity contribution in [1.82, 2.24) is 4.98 Å². The van der Waals surface area contributed by atoms with E-state index >= 15 is 0 Å². The first-order valence-corrected chi connectivity index (χ1v) is 4.36. The van der Waals surface area contributed by atoms with Crippen LogP contribution in [-0.2, 0) is 0 Å². The third-order valence-electron chi connectivity index (χ3n) is 1.79. The van der Waals surface area contributed by atoms with Gasteiger partial charge in [-0.1, -0.05) is 0 Å². The number of nitrogens with zero attached hydrogens (tertiary/aromatic N) is 1. The highest BCUT2D eigenvalue weighted by Gasteiger charge is 2.33. The standard InChI is InChI=1S/C9H6F5NO3/c1-17-5-2-6(18-9(12,13)14)15-7(8(10)11)4(5)3-16/h2-3,8H,1H3. The molecule has 0 aromatic carbocycles. The zero-order valence-corrected chi connectivity index (χ0v) is 8.79. The molecule has 0 spiro atoms. The Bertz CT molecular complexity index is 447. The summed E-state index contributed by atoms with van der Waals surface area (Å²) in [5.74, 6) is -1.60. The number of carbonyl (C=O) groups excluding carboxylic acids is 1. The van der Waals surface area contributed by atoms with Crippen LogP contribution in [-0.4, -0.2) is 24.7 Å². The number of aldehydes is 1. The number of pyridine rings is 1. The summed E-state index contributed by atoms with van der Waals surface area (Å²) in [5, 5.41) is 0. The maximum absolute atomic E-state index is 12.5. The summed E-state index contributed by atoms with van der Waals surface area (Å²) in [6.07, 6.45) is -8.30. The fourth-order valence-electron chi connectivity index (χ4n) is 1.15. The second kappa shape index (κ2) is 5.15. The van der Waals surface area contributed by atoms with Crippen LogP contribution >= 0.6 is 0 Å². The van der Waals surface area contributed by atoms with E-state index in [0.717, 1.165) is 7.11 Å². The summed E-state index contributed by atoms with van der Waals surface area (Å²) in [6, 6.07) is 0.600. The summed E-state index contributed by atoms with van der Waals surface area (Å²) in [4.78, 5) is 13.5. The number of carbonyl (C=O) groups is 1. The predicted octanol–water partition coefficient (Wildman–Crippen LogP) is 2.74. The number of halogens is 5. The van der Waals surface area contributed by atoms with E-state index in [9.17, 15) is 26.7 Å². The van der Waals surface area contributed by atoms with Gasteiger partial charge in [0.05, 0.1) is 12.7 Å². The molecule has 1 aromatic rings. The monoisotopic (exact) mass is 271 g/mol. The molecule has 9 heteroatoms. The zero-order valence-electron chi connectivity index (χ0n) is 8.79. The van der Waals surface area contributed by atoms with Crippen molar-refractivity contribution in [2.75, 3.05) is 7.11 Å². The second-order valence-corrected chi connectivity index (χ2v) is 2.93. The number of hydrogen-bond acceptors (Lipinski definition) is 4. The number of hydrogen-bond donors (Lipinski definition) is 0. The summed E-state index contributed by atoms with van der Waals surface area (Å²) in [5.41, 5.74) is -1.76. The SMILES string of the molecule is COc1cc(OC(F)(F)F)nc(C(F)F)c1C=O. The Morgan fingerprint density at radius 3 is 2.39 bits per heavy atom. The minimum absolute atomic E-state index is 0.0185. The minimum Gasteiger partial charge on any atom is -0.496 e. The van der Waals surface area contributed by atoms with Crippen LogP contribution in [0, 0.1) is 0 Å². The fourth-order valence-corrected chi connectivity index (χ4v) is 1.15. The highest BCUT2D eigenvalue weighted by atomic mass is 19.4. The Morgan fingerprint density at radius 2 is 2.00 bits per heavy atom. The molecule has 0 fully saturated rings. The van der Waals surface area contributed by atoms with Crippen LogP contribution in [0.3, 0.4) is 0 Å². The van der Waals surface area contributed by atoms with Gasteiger partial charge in [-0.3, -0.25) is 4.79 Å². The van der Waals surface area contributed by atoms with E-state index < -0.39 is 35.7 Å². The number of ether oxygens (including phenoxy) is 2. The first kappa shape index (κ1) is 14.1. The van der Waals surface area contributed by atoms with Gasteiger partial charge >= 0.3 is 6.36 Å². The van der Waals surface area contributed by atoms with Gasteiger partial charge in [-0.2, -0.15) is 0 Å². The molecule has 0 aliphatic heterocycles. The van der Waals surface area contributed by atoms with Crippen LogP contribution in [0.1, 0.15) is 22.5 Å². The third-order valence-corrected chi connectivity index (χ3v) is 1.79. The first-order valence-electron chi connectivity index (χ1n) is 4.36. The number of alkyl halides is 5. The van der Waals surface area contributed by atoms with E-state index in [1.165, 1.54) is 0 Å². The van der Waals surface area contributed by atoms with Crippen LogP contribution in [0.15, 0.2) is 6.07 Å². The zero-order chi connectivity index (χ0) is 13.9. The van der Waals surface area contributed by atoms with E-state index in [0.29, 0.717) is 6.07 Å². The molecule has 0 amide bonds. The van der Waals surface area contributed by atoms with Crippen molar-refractivity contribution in [3.8, 4) is 11.6 Å². The van der Waals surface area contributed by atoms with Gasteiger partial charge in [-0.25, -0.2) is 13.8 Å². The average Bonchev–Trinajstić information content (AvgIpc) is 2.25. The van der Waals surface area contributed by atoms with Gasteiger partial charge in [-0.05, 0) is 0 Å². The first-order chi connectivity index (χ1) is 8.28. The van der Waals surface area contributed by atoms with Crippen molar-refractivity contribution in [2.24, 2.45) is 0 Å². The summed E-state index contributed by atoms with van der Waals surface area (Å²) < 4.78 is 68.8. The van der Waals surface area contributed by atoms with Gasteiger partial charge in [0.2, 0.25) is 5.88 Å². The normalized spacial score (nSPS) is 11.5. The quantitative estimate of drug-likeness (QED) is 0.624. The van der Waals surface area contributed by atoms with E-state index in [2.05, 4.69) is 14.5 Å². The molecular formula is C9H6F5NO3. The highest BCUT2D eigenvalue weighted by molar-refractivity contribution is 5.81. The van der Waals surface area contributed by atoms with Crippen LogP contribution in [0.2, 0.25) is 0 Å². The Hall–Kier alpha value is -1.93. The summed E-state index contributed by atoms with van der Waals surface area (Å²) >= 11 is 0. The molecule has 1 heterocycles. The van der Waals surface area contributed by atoms with E-state index in [1.54, 1.807) is 0 Å². The lowest BCUT2D eigenvalue weighted by Crippen LogP contribution is -2.18. The van der Waals surface area contributed by atoms with Gasteiger partial charge in [0, 0.05) is 6.07 Å². The molecule has 0 N–H and O–H groups in total. The fraction of sp³-hybridized carbons (Fsp3) is 0.333. The Morgan fingerprint density at radius 1 is 1.39 bits per heavy atom. The molecule has 0 unspecified atom stereocenters. The van der Waals surface area contributed by atoms with Gasteiger partial charge in [-0.15, -0.1) is 13.2 Å². The average molecular weight is 271 g/mol. The van der Waals surface area contributed by atoms with Crippen molar-refractivity contribution in [2.45, 2.75) is 12.8 Å². The Kier molecular flexibility index (Phi) is 4.04. The molecular weight excluding hydrogens is 265 g/mol. The maximum Gasteiger partial charge on any atom is 0.574 e. The summed E-state index contributed by atoms with van der Waals surface area (Å²) in [6.45, 7) is 0. The number of rotatable bonds is 4. The van der Waals surface area contributed by atoms with Crippen molar-refractivity contribution >= 4 is 6.29 Å². The molecule has 0 bridgehead atoms. The number of methoxy groups -OCH3 is 1. The summed E-state index contributed by atoms with van der Waals surface area (Å²) in [7, 11) is 1.01. The molecule has 4 nitrogen and oxygen atoms in total. The van der Waals surface area contributed by atoms with Crippen LogP contribution in [0.25, 0.3) is 0 Å². The van der Waals surface area contributed by atoms with Crippen molar-refractivity contribution in [3.63, 3.8) is 0 Å². The van der Waals surface area contributed by atoms with E-state index in [-0.39, 0.29) is 6.29 Å². The lowest BCUT2D eigenvalue weighted by molar-refractivity contribution is -0.276. The van der Waals surface area contributed by atoms with E-state index in [4.69, 9.17) is 0 Å². The molecule has 18 heavy (non-hydrogen) atoms. The van der Waals surface area contributed by atoms with Crippen molar-refractivity contribution in [1.29, 1.82) is 0 Å². The third kappa shape index (κ3) is 3.28. The van der Waals surface area contributed by atoms with Gasteiger partial charge in [0.25, 0.3) is 6.43 Å². The van der Waals surface area contributed by atoms with Crippen LogP contribution in [0.4, 0.5) is 22.0 Å². The lowest BCUT2D eigenvalue weighted by Gasteiger charge is -2.13. The predicted molar refractivity (Wildman–Crippen MR) is 47.8 cm³/mol. The Labute approximate surface area is 97.3 Å². The van der Waals surface area contributed by atoms with Crippen molar-refractivity contribution in [3.05, 3.63) is 17.3 Å². The maximum atomic E-state index is 12.5. The van der Waals surface area contributed by atoms with Crippen LogP contribution in [0.5, 0.6) is 11.6 Å². The molecule has 0 radical (unpaired) electrons.